The summed E-state index contributed by atoms with van der Waals surface area (Å²) >= 11 is 5.57. The van der Waals surface area contributed by atoms with Gasteiger partial charge < -0.3 is 10.8 Å². The number of halogens is 2. The van der Waals surface area contributed by atoms with E-state index >= 15 is 0 Å². The topological polar surface area (TPSA) is 63.3 Å². The number of nitrogens with two attached hydrogens (primary N) is 1. The molecule has 1 aromatic rings. The van der Waals surface area contributed by atoms with E-state index in [1.165, 1.54) is 0 Å². The average molecular weight is 370 g/mol. The van der Waals surface area contributed by atoms with Gasteiger partial charge in [-0.15, -0.1) is 0 Å². The van der Waals surface area contributed by atoms with Gasteiger partial charge in [-0.1, -0.05) is 6.07 Å². The average Bonchev–Trinajstić information content (AvgIpc) is 2.11. The lowest BCUT2D eigenvalue weighted by Crippen LogP contribution is -2.32. The summed E-state index contributed by atoms with van der Waals surface area (Å²) in [7, 11) is 0. The normalized spacial score (nSPS) is 12.5. The Kier molecular flexibility index (Phi) is 4.33. The summed E-state index contributed by atoms with van der Waals surface area (Å²) in [6, 6.07) is 4.87. The second kappa shape index (κ2) is 5.09. The lowest BCUT2D eigenvalue weighted by molar-refractivity contribution is -0.138. The molecular weight excluding hydrogens is 361 g/mol. The zero-order chi connectivity index (χ0) is 10.7. The largest absolute Gasteiger partial charge is 0.480 e. The summed E-state index contributed by atoms with van der Waals surface area (Å²) in [6.07, 6.45) is 0.352. The van der Waals surface area contributed by atoms with E-state index in [0.717, 1.165) is 13.6 Å². The fraction of sp³-hybridized carbons (Fsp3) is 0.222. The van der Waals surface area contributed by atoms with Crippen molar-refractivity contribution >= 4 is 44.5 Å². The van der Waals surface area contributed by atoms with E-state index in [0.29, 0.717) is 6.42 Å². The molecule has 14 heavy (non-hydrogen) atoms. The number of aliphatic carboxylic acids is 1. The summed E-state index contributed by atoms with van der Waals surface area (Å²) in [5.41, 5.74) is 6.34. The molecule has 0 aliphatic carbocycles. The predicted octanol–water partition coefficient (Wildman–Crippen LogP) is 2.01. The van der Waals surface area contributed by atoms with E-state index in [2.05, 4.69) is 38.5 Å². The number of carboxylic acid groups (broad SMARTS) is 1. The van der Waals surface area contributed by atoms with Crippen molar-refractivity contribution < 1.29 is 9.90 Å². The third kappa shape index (κ3) is 3.21. The van der Waals surface area contributed by atoms with Crippen LogP contribution in [0.5, 0.6) is 0 Å². The SMILES string of the molecule is N[C@H](Cc1ccc(I)c(Br)c1)C(=O)O. The predicted molar refractivity (Wildman–Crippen MR) is 66.2 cm³/mol. The number of carboxylic acids is 1. The van der Waals surface area contributed by atoms with E-state index in [4.69, 9.17) is 10.8 Å². The molecule has 3 N–H and O–H groups in total. The van der Waals surface area contributed by atoms with E-state index in [9.17, 15) is 4.79 Å². The molecule has 0 radical (unpaired) electrons. The molecule has 1 aromatic carbocycles. The first kappa shape index (κ1) is 11.9. The van der Waals surface area contributed by atoms with Gasteiger partial charge in [0.1, 0.15) is 6.04 Å². The smallest absolute Gasteiger partial charge is 0.320 e. The molecule has 5 heteroatoms. The fourth-order valence-electron chi connectivity index (χ4n) is 1.01. The monoisotopic (exact) mass is 369 g/mol. The van der Waals surface area contributed by atoms with Crippen molar-refractivity contribution in [2.24, 2.45) is 5.73 Å². The van der Waals surface area contributed by atoms with Crippen molar-refractivity contribution in [1.29, 1.82) is 0 Å². The summed E-state index contributed by atoms with van der Waals surface area (Å²) in [4.78, 5) is 10.5. The van der Waals surface area contributed by atoms with E-state index in [-0.39, 0.29) is 0 Å². The molecule has 0 saturated carbocycles. The molecule has 0 aliphatic heterocycles. The molecule has 76 valence electrons. The number of rotatable bonds is 3. The fourth-order valence-corrected chi connectivity index (χ4v) is 1.77. The van der Waals surface area contributed by atoms with Gasteiger partial charge in [-0.05, 0) is 62.6 Å². The van der Waals surface area contributed by atoms with Gasteiger partial charge in [0.15, 0.2) is 0 Å². The van der Waals surface area contributed by atoms with Gasteiger partial charge in [-0.3, -0.25) is 4.79 Å². The van der Waals surface area contributed by atoms with Crippen LogP contribution in [0.15, 0.2) is 22.7 Å². The molecule has 0 heterocycles. The molecule has 0 unspecified atom stereocenters. The van der Waals surface area contributed by atoms with Crippen LogP contribution in [0.3, 0.4) is 0 Å². The summed E-state index contributed by atoms with van der Waals surface area (Å²) in [6.45, 7) is 0. The first-order valence-corrected chi connectivity index (χ1v) is 5.80. The quantitative estimate of drug-likeness (QED) is 0.801. The van der Waals surface area contributed by atoms with Gasteiger partial charge in [0, 0.05) is 8.04 Å². The summed E-state index contributed by atoms with van der Waals surface area (Å²) in [5.74, 6) is -0.973. The summed E-state index contributed by atoms with van der Waals surface area (Å²) < 4.78 is 2.06. The highest BCUT2D eigenvalue weighted by atomic mass is 127. The summed E-state index contributed by atoms with van der Waals surface area (Å²) in [5, 5.41) is 8.63. The van der Waals surface area contributed by atoms with Gasteiger partial charge in [0.2, 0.25) is 0 Å². The van der Waals surface area contributed by atoms with Crippen LogP contribution in [-0.2, 0) is 11.2 Å². The molecule has 3 nitrogen and oxygen atoms in total. The molecule has 1 atom stereocenters. The maximum Gasteiger partial charge on any atom is 0.320 e. The second-order valence-electron chi connectivity index (χ2n) is 2.90. The first-order valence-electron chi connectivity index (χ1n) is 3.93. The van der Waals surface area contributed by atoms with Crippen molar-refractivity contribution in [3.05, 3.63) is 31.8 Å². The number of benzene rings is 1. The highest BCUT2D eigenvalue weighted by Gasteiger charge is 2.12. The molecular formula is C9H9BrINO2. The van der Waals surface area contributed by atoms with Crippen molar-refractivity contribution in [3.8, 4) is 0 Å². The van der Waals surface area contributed by atoms with Crippen molar-refractivity contribution in [2.45, 2.75) is 12.5 Å². The van der Waals surface area contributed by atoms with Gasteiger partial charge in [0.05, 0.1) is 0 Å². The third-order valence-electron chi connectivity index (χ3n) is 1.76. The minimum atomic E-state index is -0.973. The van der Waals surface area contributed by atoms with Crippen LogP contribution in [0.25, 0.3) is 0 Å². The lowest BCUT2D eigenvalue weighted by Gasteiger charge is -2.07. The maximum absolute atomic E-state index is 10.5. The number of hydrogen-bond acceptors (Lipinski definition) is 2. The molecule has 0 aliphatic rings. The molecule has 0 amide bonds. The van der Waals surface area contributed by atoms with Crippen LogP contribution in [0.4, 0.5) is 0 Å². The van der Waals surface area contributed by atoms with Crippen LogP contribution in [0.1, 0.15) is 5.56 Å². The van der Waals surface area contributed by atoms with Crippen molar-refractivity contribution in [1.82, 2.24) is 0 Å². The second-order valence-corrected chi connectivity index (χ2v) is 4.91. The standard InChI is InChI=1S/C9H9BrINO2/c10-6-3-5(1-2-7(6)11)4-8(12)9(13)14/h1-3,8H,4,12H2,(H,13,14)/t8-/m1/s1. The Labute approximate surface area is 104 Å². The van der Waals surface area contributed by atoms with Crippen LogP contribution in [-0.4, -0.2) is 17.1 Å². The number of hydrogen-bond donors (Lipinski definition) is 2. The van der Waals surface area contributed by atoms with Crippen molar-refractivity contribution in [2.75, 3.05) is 0 Å². The minimum absolute atomic E-state index is 0.352. The van der Waals surface area contributed by atoms with Crippen LogP contribution in [0, 0.1) is 3.57 Å². The Balaban J connectivity index is 2.78. The Morgan fingerprint density at radius 3 is 2.79 bits per heavy atom. The van der Waals surface area contributed by atoms with E-state index in [1.807, 2.05) is 18.2 Å². The highest BCUT2D eigenvalue weighted by molar-refractivity contribution is 14.1. The molecule has 0 saturated heterocycles. The van der Waals surface area contributed by atoms with Gasteiger partial charge in [0.25, 0.3) is 0 Å². The molecule has 0 fully saturated rings. The zero-order valence-electron chi connectivity index (χ0n) is 7.21. The lowest BCUT2D eigenvalue weighted by atomic mass is 10.1. The van der Waals surface area contributed by atoms with Gasteiger partial charge in [-0.25, -0.2) is 0 Å². The molecule has 0 bridgehead atoms. The maximum atomic E-state index is 10.5. The molecule has 0 spiro atoms. The van der Waals surface area contributed by atoms with Crippen LogP contribution in [0.2, 0.25) is 0 Å². The zero-order valence-corrected chi connectivity index (χ0v) is 10.9. The molecule has 1 rings (SSSR count). The van der Waals surface area contributed by atoms with Crippen molar-refractivity contribution in [3.63, 3.8) is 0 Å². The van der Waals surface area contributed by atoms with Gasteiger partial charge >= 0.3 is 5.97 Å². The highest BCUT2D eigenvalue weighted by Crippen LogP contribution is 2.20. The third-order valence-corrected chi connectivity index (χ3v) is 4.09. The van der Waals surface area contributed by atoms with E-state index < -0.39 is 12.0 Å². The Morgan fingerprint density at radius 1 is 1.64 bits per heavy atom. The first-order chi connectivity index (χ1) is 6.50. The molecule has 0 aromatic heterocycles. The minimum Gasteiger partial charge on any atom is -0.480 e. The Hall–Kier alpha value is -0.140. The van der Waals surface area contributed by atoms with Crippen LogP contribution >= 0.6 is 38.5 Å². The Bertz CT molecular complexity index is 357. The Morgan fingerprint density at radius 2 is 2.29 bits per heavy atom. The van der Waals surface area contributed by atoms with E-state index in [1.54, 1.807) is 0 Å². The number of carbonyl (C=O) groups is 1. The van der Waals surface area contributed by atoms with Crippen LogP contribution < -0.4 is 5.73 Å². The van der Waals surface area contributed by atoms with Gasteiger partial charge in [-0.2, -0.15) is 0 Å².